The van der Waals surface area contributed by atoms with Crippen LogP contribution in [-0.2, 0) is 52.3 Å². The van der Waals surface area contributed by atoms with Gasteiger partial charge in [-0.2, -0.15) is 13.2 Å². The summed E-state index contributed by atoms with van der Waals surface area (Å²) in [7, 11) is 0. The van der Waals surface area contributed by atoms with E-state index in [1.165, 1.54) is 6.92 Å². The predicted octanol–water partition coefficient (Wildman–Crippen LogP) is 2.42. The van der Waals surface area contributed by atoms with Crippen LogP contribution in [0.1, 0.15) is 32.6 Å². The Balaban J connectivity index is 3.45. The molecule has 0 aromatic heterocycles. The molecule has 37 heavy (non-hydrogen) atoms. The van der Waals surface area contributed by atoms with Crippen molar-refractivity contribution in [2.45, 2.75) is 38.8 Å². The second-order valence-corrected chi connectivity index (χ2v) is 7.22. The molecule has 0 aliphatic heterocycles. The monoisotopic (exact) mass is 542 g/mol. The maximum atomic E-state index is 12.2. The maximum Gasteiger partial charge on any atom is 0.422 e. The zero-order chi connectivity index (χ0) is 28.1. The molecule has 0 N–H and O–H groups in total. The Labute approximate surface area is 212 Å². The number of hydrogen-bond acceptors (Lipinski definition) is 11. The fraction of sp³-hybridized carbons (Fsp3) is 0.652. The molecule has 0 aromatic rings. The number of ether oxygens (including phenoxy) is 7. The number of carbonyl (C=O) groups is 4. The molecule has 0 aromatic carbocycles. The van der Waals surface area contributed by atoms with E-state index in [-0.39, 0.29) is 84.5 Å². The largest absolute Gasteiger partial charge is 0.463 e. The minimum atomic E-state index is -4.86. The zero-order valence-corrected chi connectivity index (χ0v) is 20.7. The number of hydrogen-bond donors (Lipinski definition) is 0. The molecule has 14 heteroatoms. The summed E-state index contributed by atoms with van der Waals surface area (Å²) >= 11 is 0. The first kappa shape index (κ1) is 34.0. The van der Waals surface area contributed by atoms with Gasteiger partial charge in [-0.05, 0) is 19.8 Å². The SMILES string of the molecule is C=C(C)C(=O)OCCCC(=O)OCCOCOCCOCCOC(=O)CCCOC(=O)C(=C)C(F)(F)F. The highest BCUT2D eigenvalue weighted by Gasteiger charge is 2.37. The third kappa shape index (κ3) is 19.8. The molecule has 0 saturated heterocycles. The van der Waals surface area contributed by atoms with Gasteiger partial charge < -0.3 is 33.2 Å². The van der Waals surface area contributed by atoms with Gasteiger partial charge in [-0.25, -0.2) is 9.59 Å². The molecule has 212 valence electrons. The molecule has 0 aliphatic rings. The molecule has 0 spiro atoms. The van der Waals surface area contributed by atoms with Gasteiger partial charge in [0.2, 0.25) is 0 Å². The second kappa shape index (κ2) is 20.1. The van der Waals surface area contributed by atoms with Gasteiger partial charge in [0.15, 0.2) is 0 Å². The molecular formula is C23H33F3O11. The lowest BCUT2D eigenvalue weighted by Crippen LogP contribution is -2.21. The standard InChI is InChI=1S/C23H33F3O11/c1-17(2)21(29)36-8-4-6-20(28)35-15-13-33-16-32-11-10-31-12-14-34-19(27)7-5-9-37-22(30)18(3)23(24,25)26/h1,3-16H2,2H3. The number of halogens is 3. The third-order valence-corrected chi connectivity index (χ3v) is 3.97. The van der Waals surface area contributed by atoms with Crippen LogP contribution in [0.4, 0.5) is 13.2 Å². The molecule has 0 bridgehead atoms. The topological polar surface area (TPSA) is 133 Å². The second-order valence-electron chi connectivity index (χ2n) is 7.22. The van der Waals surface area contributed by atoms with Crippen molar-refractivity contribution in [3.05, 3.63) is 24.3 Å². The molecular weight excluding hydrogens is 509 g/mol. The Hall–Kier alpha value is -2.97. The van der Waals surface area contributed by atoms with E-state index in [0.29, 0.717) is 6.42 Å². The van der Waals surface area contributed by atoms with Crippen LogP contribution in [0, 0.1) is 0 Å². The minimum absolute atomic E-state index is 0.00340. The molecule has 11 nitrogen and oxygen atoms in total. The van der Waals surface area contributed by atoms with E-state index >= 15 is 0 Å². The molecule has 0 heterocycles. The van der Waals surface area contributed by atoms with E-state index < -0.39 is 35.6 Å². The lowest BCUT2D eigenvalue weighted by atomic mass is 10.3. The normalized spacial score (nSPS) is 10.9. The average molecular weight is 543 g/mol. The van der Waals surface area contributed by atoms with Gasteiger partial charge in [-0.1, -0.05) is 13.2 Å². The summed E-state index contributed by atoms with van der Waals surface area (Å²) in [6, 6.07) is 0. The van der Waals surface area contributed by atoms with E-state index in [2.05, 4.69) is 17.9 Å². The van der Waals surface area contributed by atoms with E-state index in [1.807, 2.05) is 0 Å². The lowest BCUT2D eigenvalue weighted by Gasteiger charge is -2.10. The summed E-state index contributed by atoms with van der Waals surface area (Å²) in [5.41, 5.74) is -1.33. The van der Waals surface area contributed by atoms with Crippen LogP contribution in [0.2, 0.25) is 0 Å². The molecule has 0 saturated carbocycles. The van der Waals surface area contributed by atoms with Gasteiger partial charge in [-0.15, -0.1) is 0 Å². The summed E-state index contributed by atoms with van der Waals surface area (Å²) in [6.07, 6.45) is -4.58. The summed E-state index contributed by atoms with van der Waals surface area (Å²) in [5, 5.41) is 0. The molecule has 0 amide bonds. The van der Waals surface area contributed by atoms with Gasteiger partial charge in [0.1, 0.15) is 25.6 Å². The van der Waals surface area contributed by atoms with Crippen molar-refractivity contribution in [3.8, 4) is 0 Å². The summed E-state index contributed by atoms with van der Waals surface area (Å²) in [5.74, 6) is -3.16. The van der Waals surface area contributed by atoms with Crippen molar-refractivity contribution in [1.82, 2.24) is 0 Å². The highest BCUT2D eigenvalue weighted by atomic mass is 19.4. The van der Waals surface area contributed by atoms with Crippen LogP contribution < -0.4 is 0 Å². The van der Waals surface area contributed by atoms with Crippen molar-refractivity contribution in [2.24, 2.45) is 0 Å². The van der Waals surface area contributed by atoms with Gasteiger partial charge in [0.05, 0.1) is 39.6 Å². The van der Waals surface area contributed by atoms with Crippen molar-refractivity contribution < 1.29 is 65.5 Å². The maximum absolute atomic E-state index is 12.2. The van der Waals surface area contributed by atoms with E-state index in [9.17, 15) is 32.3 Å². The first-order valence-corrected chi connectivity index (χ1v) is 11.3. The Kier molecular flexibility index (Phi) is 18.5. The Bertz CT molecular complexity index is 751. The number of alkyl halides is 3. The number of esters is 4. The Morgan fingerprint density at radius 2 is 1.05 bits per heavy atom. The van der Waals surface area contributed by atoms with Crippen molar-refractivity contribution >= 4 is 23.9 Å². The van der Waals surface area contributed by atoms with E-state index in [4.69, 9.17) is 28.4 Å². The Morgan fingerprint density at radius 1 is 0.622 bits per heavy atom. The molecule has 0 atom stereocenters. The number of rotatable bonds is 21. The molecule has 0 unspecified atom stereocenters. The van der Waals surface area contributed by atoms with Crippen LogP contribution in [0.25, 0.3) is 0 Å². The Morgan fingerprint density at radius 3 is 1.54 bits per heavy atom. The zero-order valence-electron chi connectivity index (χ0n) is 20.7. The first-order valence-electron chi connectivity index (χ1n) is 11.3. The van der Waals surface area contributed by atoms with Gasteiger partial charge >= 0.3 is 30.1 Å². The first-order chi connectivity index (χ1) is 17.4. The highest BCUT2D eigenvalue weighted by Crippen LogP contribution is 2.24. The third-order valence-electron chi connectivity index (χ3n) is 3.97. The smallest absolute Gasteiger partial charge is 0.422 e. The number of carbonyl (C=O) groups excluding carboxylic acids is 4. The highest BCUT2D eigenvalue weighted by molar-refractivity contribution is 5.89. The summed E-state index contributed by atoms with van der Waals surface area (Å²) < 4.78 is 71.2. The van der Waals surface area contributed by atoms with Crippen LogP contribution in [0.3, 0.4) is 0 Å². The van der Waals surface area contributed by atoms with Crippen LogP contribution in [0.15, 0.2) is 24.3 Å². The average Bonchev–Trinajstić information content (AvgIpc) is 2.83. The fourth-order valence-electron chi connectivity index (χ4n) is 2.06. The summed E-state index contributed by atoms with van der Waals surface area (Å²) in [4.78, 5) is 45.2. The molecule has 0 rings (SSSR count). The predicted molar refractivity (Wildman–Crippen MR) is 120 cm³/mol. The molecule has 0 aliphatic carbocycles. The van der Waals surface area contributed by atoms with Gasteiger partial charge in [-0.3, -0.25) is 9.59 Å². The summed E-state index contributed by atoms with van der Waals surface area (Å²) in [6.45, 7) is 7.88. The molecule has 0 fully saturated rings. The van der Waals surface area contributed by atoms with Crippen molar-refractivity contribution in [1.29, 1.82) is 0 Å². The van der Waals surface area contributed by atoms with Gasteiger partial charge in [0.25, 0.3) is 0 Å². The quantitative estimate of drug-likeness (QED) is 0.0696. The fourth-order valence-corrected chi connectivity index (χ4v) is 2.06. The van der Waals surface area contributed by atoms with Crippen LogP contribution in [0.5, 0.6) is 0 Å². The lowest BCUT2D eigenvalue weighted by molar-refractivity contribution is -0.152. The minimum Gasteiger partial charge on any atom is -0.463 e. The van der Waals surface area contributed by atoms with E-state index in [1.54, 1.807) is 0 Å². The van der Waals surface area contributed by atoms with Crippen molar-refractivity contribution in [2.75, 3.05) is 59.6 Å². The van der Waals surface area contributed by atoms with Crippen LogP contribution >= 0.6 is 0 Å². The van der Waals surface area contributed by atoms with Crippen LogP contribution in [-0.4, -0.2) is 89.7 Å². The van der Waals surface area contributed by atoms with Crippen molar-refractivity contribution in [3.63, 3.8) is 0 Å². The van der Waals surface area contributed by atoms with Gasteiger partial charge in [0, 0.05) is 18.4 Å². The molecule has 0 radical (unpaired) electrons. The van der Waals surface area contributed by atoms with E-state index in [0.717, 1.165) is 0 Å².